The maximum Gasteiger partial charge on any atom is 0.338 e. The summed E-state index contributed by atoms with van der Waals surface area (Å²) in [5.74, 6) is -1.35. The van der Waals surface area contributed by atoms with Crippen LogP contribution in [0, 0.1) is 0 Å². The topological polar surface area (TPSA) is 63.6 Å². The number of rotatable bonds is 4. The summed E-state index contributed by atoms with van der Waals surface area (Å²) in [7, 11) is 1.32. The van der Waals surface area contributed by atoms with E-state index in [-0.39, 0.29) is 6.42 Å². The molecule has 0 radical (unpaired) electrons. The van der Waals surface area contributed by atoms with Crippen LogP contribution in [-0.4, -0.2) is 24.2 Å². The number of aliphatic carboxylic acids is 1. The molecule has 0 bridgehead atoms. The van der Waals surface area contributed by atoms with Crippen molar-refractivity contribution in [3.8, 4) is 11.1 Å². The fraction of sp³-hybridized carbons (Fsp3) is 0.125. The van der Waals surface area contributed by atoms with Crippen LogP contribution >= 0.6 is 0 Å². The van der Waals surface area contributed by atoms with Crippen molar-refractivity contribution in [2.24, 2.45) is 0 Å². The standard InChI is InChI=1S/C16H14O4/c1-20-16(19)14-9-5-4-8-13(14)12-7-3-2-6-11(12)10-15(17)18/h2-9H,10H2,1H3,(H,17,18). The maximum atomic E-state index is 11.8. The molecule has 2 rings (SSSR count). The highest BCUT2D eigenvalue weighted by Gasteiger charge is 2.15. The largest absolute Gasteiger partial charge is 0.481 e. The molecule has 1 N–H and O–H groups in total. The average molecular weight is 270 g/mol. The van der Waals surface area contributed by atoms with Gasteiger partial charge >= 0.3 is 11.9 Å². The summed E-state index contributed by atoms with van der Waals surface area (Å²) in [6.07, 6.45) is -0.0916. The van der Waals surface area contributed by atoms with Crippen molar-refractivity contribution in [2.75, 3.05) is 7.11 Å². The van der Waals surface area contributed by atoms with Crippen molar-refractivity contribution in [3.63, 3.8) is 0 Å². The van der Waals surface area contributed by atoms with Crippen LogP contribution in [-0.2, 0) is 16.0 Å². The molecule has 0 aliphatic carbocycles. The Labute approximate surface area is 116 Å². The molecule has 0 aliphatic rings. The molecule has 102 valence electrons. The molecule has 0 aliphatic heterocycles. The Hall–Kier alpha value is -2.62. The molecule has 2 aromatic carbocycles. The summed E-state index contributed by atoms with van der Waals surface area (Å²) >= 11 is 0. The summed E-state index contributed by atoms with van der Waals surface area (Å²) in [5.41, 5.74) is 2.50. The third-order valence-corrected chi connectivity index (χ3v) is 2.98. The fourth-order valence-corrected chi connectivity index (χ4v) is 2.11. The van der Waals surface area contributed by atoms with Crippen LogP contribution in [0.4, 0.5) is 0 Å². The van der Waals surface area contributed by atoms with Gasteiger partial charge in [0.1, 0.15) is 0 Å². The van der Waals surface area contributed by atoms with Crippen molar-refractivity contribution in [2.45, 2.75) is 6.42 Å². The number of benzene rings is 2. The van der Waals surface area contributed by atoms with Crippen LogP contribution < -0.4 is 0 Å². The number of carbonyl (C=O) groups is 2. The third-order valence-electron chi connectivity index (χ3n) is 2.98. The van der Waals surface area contributed by atoms with Gasteiger partial charge in [0.05, 0.1) is 19.1 Å². The molecule has 0 spiro atoms. The van der Waals surface area contributed by atoms with Crippen LogP contribution in [0.25, 0.3) is 11.1 Å². The normalized spacial score (nSPS) is 10.1. The first-order valence-corrected chi connectivity index (χ1v) is 6.11. The highest BCUT2D eigenvalue weighted by molar-refractivity contribution is 5.98. The lowest BCUT2D eigenvalue weighted by Gasteiger charge is -2.11. The molecule has 0 saturated heterocycles. The molecule has 20 heavy (non-hydrogen) atoms. The van der Waals surface area contributed by atoms with E-state index in [1.807, 2.05) is 6.07 Å². The zero-order chi connectivity index (χ0) is 14.5. The number of esters is 1. The molecule has 4 heteroatoms. The first-order chi connectivity index (χ1) is 9.63. The number of hydrogen-bond donors (Lipinski definition) is 1. The maximum absolute atomic E-state index is 11.8. The molecule has 0 unspecified atom stereocenters. The van der Waals surface area contributed by atoms with Crippen molar-refractivity contribution >= 4 is 11.9 Å². The van der Waals surface area contributed by atoms with Gasteiger partial charge in [0.25, 0.3) is 0 Å². The number of carboxylic acid groups (broad SMARTS) is 1. The monoisotopic (exact) mass is 270 g/mol. The van der Waals surface area contributed by atoms with E-state index in [4.69, 9.17) is 9.84 Å². The van der Waals surface area contributed by atoms with Crippen molar-refractivity contribution in [1.29, 1.82) is 0 Å². The van der Waals surface area contributed by atoms with Gasteiger partial charge in [-0.1, -0.05) is 42.5 Å². The zero-order valence-corrected chi connectivity index (χ0v) is 11.0. The number of ether oxygens (including phenoxy) is 1. The number of hydrogen-bond acceptors (Lipinski definition) is 3. The Balaban J connectivity index is 2.57. The fourth-order valence-electron chi connectivity index (χ4n) is 2.11. The molecule has 0 fully saturated rings. The minimum absolute atomic E-state index is 0.0916. The second-order valence-corrected chi connectivity index (χ2v) is 4.26. The van der Waals surface area contributed by atoms with Gasteiger partial charge in [-0.05, 0) is 22.8 Å². The molecule has 0 atom stereocenters. The molecule has 0 heterocycles. The highest BCUT2D eigenvalue weighted by Crippen LogP contribution is 2.28. The van der Waals surface area contributed by atoms with E-state index in [0.29, 0.717) is 16.7 Å². The smallest absolute Gasteiger partial charge is 0.338 e. The first-order valence-electron chi connectivity index (χ1n) is 6.11. The quantitative estimate of drug-likeness (QED) is 0.868. The van der Waals surface area contributed by atoms with Crippen LogP contribution in [0.1, 0.15) is 15.9 Å². The second kappa shape index (κ2) is 6.02. The zero-order valence-electron chi connectivity index (χ0n) is 11.0. The molecule has 0 saturated carbocycles. The predicted molar refractivity (Wildman–Crippen MR) is 74.6 cm³/mol. The van der Waals surface area contributed by atoms with Gasteiger partial charge in [-0.25, -0.2) is 4.79 Å². The van der Waals surface area contributed by atoms with Crippen molar-refractivity contribution < 1.29 is 19.4 Å². The van der Waals surface area contributed by atoms with Gasteiger partial charge in [-0.2, -0.15) is 0 Å². The predicted octanol–water partition coefficient (Wildman–Crippen LogP) is 2.77. The van der Waals surface area contributed by atoms with Crippen molar-refractivity contribution in [1.82, 2.24) is 0 Å². The van der Waals surface area contributed by atoms with E-state index >= 15 is 0 Å². The van der Waals surface area contributed by atoms with E-state index < -0.39 is 11.9 Å². The van der Waals surface area contributed by atoms with Crippen LogP contribution in [0.2, 0.25) is 0 Å². The number of carboxylic acids is 1. The van der Waals surface area contributed by atoms with Gasteiger partial charge in [0, 0.05) is 0 Å². The summed E-state index contributed by atoms with van der Waals surface area (Å²) in [5, 5.41) is 8.97. The van der Waals surface area contributed by atoms with E-state index in [1.54, 1.807) is 42.5 Å². The summed E-state index contributed by atoms with van der Waals surface area (Å²) in [6, 6.07) is 14.1. The van der Waals surface area contributed by atoms with E-state index in [2.05, 4.69) is 0 Å². The summed E-state index contributed by atoms with van der Waals surface area (Å²) in [4.78, 5) is 22.7. The van der Waals surface area contributed by atoms with Gasteiger partial charge in [0.2, 0.25) is 0 Å². The van der Waals surface area contributed by atoms with E-state index in [9.17, 15) is 9.59 Å². The number of methoxy groups -OCH3 is 1. The minimum atomic E-state index is -0.909. The van der Waals surface area contributed by atoms with Gasteiger partial charge in [-0.3, -0.25) is 4.79 Å². The van der Waals surface area contributed by atoms with Gasteiger partial charge < -0.3 is 9.84 Å². The highest BCUT2D eigenvalue weighted by atomic mass is 16.5. The minimum Gasteiger partial charge on any atom is -0.481 e. The second-order valence-electron chi connectivity index (χ2n) is 4.26. The van der Waals surface area contributed by atoms with E-state index in [0.717, 1.165) is 5.56 Å². The van der Waals surface area contributed by atoms with Crippen LogP contribution in [0.15, 0.2) is 48.5 Å². The van der Waals surface area contributed by atoms with Crippen LogP contribution in [0.3, 0.4) is 0 Å². The lowest BCUT2D eigenvalue weighted by molar-refractivity contribution is -0.136. The summed E-state index contributed by atoms with van der Waals surface area (Å²) in [6.45, 7) is 0. The van der Waals surface area contributed by atoms with Gasteiger partial charge in [0.15, 0.2) is 0 Å². The lowest BCUT2D eigenvalue weighted by atomic mass is 9.94. The Morgan fingerprint density at radius 3 is 2.25 bits per heavy atom. The molecule has 0 aromatic heterocycles. The Morgan fingerprint density at radius 2 is 1.60 bits per heavy atom. The lowest BCUT2D eigenvalue weighted by Crippen LogP contribution is -2.06. The third kappa shape index (κ3) is 2.85. The average Bonchev–Trinajstić information content (AvgIpc) is 2.46. The number of carbonyl (C=O) groups excluding carboxylic acids is 1. The van der Waals surface area contributed by atoms with Gasteiger partial charge in [-0.15, -0.1) is 0 Å². The Bertz CT molecular complexity index is 646. The molecule has 2 aromatic rings. The van der Waals surface area contributed by atoms with E-state index in [1.165, 1.54) is 7.11 Å². The van der Waals surface area contributed by atoms with Crippen LogP contribution in [0.5, 0.6) is 0 Å². The molecule has 4 nitrogen and oxygen atoms in total. The van der Waals surface area contributed by atoms with Crippen molar-refractivity contribution in [3.05, 3.63) is 59.7 Å². The molecular weight excluding hydrogens is 256 g/mol. The summed E-state index contributed by atoms with van der Waals surface area (Å²) < 4.78 is 4.76. The molecular formula is C16H14O4. The molecule has 0 amide bonds. The Kier molecular flexibility index (Phi) is 4.15. The first kappa shape index (κ1) is 13.8. The SMILES string of the molecule is COC(=O)c1ccccc1-c1ccccc1CC(=O)O. The Morgan fingerprint density at radius 1 is 1.00 bits per heavy atom.